The number of halogens is 1. The average molecular weight is 414 g/mol. The molecule has 124 valence electrons. The maximum absolute atomic E-state index is 12.6. The van der Waals surface area contributed by atoms with Crippen LogP contribution in [0.15, 0.2) is 29.1 Å². The summed E-state index contributed by atoms with van der Waals surface area (Å²) in [6.45, 7) is 6.84. The minimum Gasteiger partial charge on any atom is -0.302 e. The fourth-order valence-corrected chi connectivity index (χ4v) is 4.82. The Balaban J connectivity index is 2.21. The second-order valence-corrected chi connectivity index (χ2v) is 8.41. The number of nitrogens with zero attached hydrogens (tertiary/aromatic N) is 3. The van der Waals surface area contributed by atoms with Crippen LogP contribution in [-0.2, 0) is 4.79 Å². The van der Waals surface area contributed by atoms with Crippen molar-refractivity contribution in [1.82, 2.24) is 9.97 Å². The molecule has 0 saturated carbocycles. The van der Waals surface area contributed by atoms with Crippen molar-refractivity contribution in [1.29, 1.82) is 0 Å². The number of amides is 1. The van der Waals surface area contributed by atoms with E-state index in [9.17, 15) is 4.79 Å². The van der Waals surface area contributed by atoms with Crippen molar-refractivity contribution in [2.24, 2.45) is 0 Å². The molecule has 7 heteroatoms. The van der Waals surface area contributed by atoms with Crippen LogP contribution in [0.1, 0.15) is 27.2 Å². The molecule has 1 amide bonds. The van der Waals surface area contributed by atoms with Gasteiger partial charge in [0, 0.05) is 36.2 Å². The fraction of sp³-hybridized carbons (Fsp3) is 0.438. The zero-order valence-electron chi connectivity index (χ0n) is 13.5. The molecular weight excluding hydrogens is 394 g/mol. The minimum atomic E-state index is 0.142. The lowest BCUT2D eigenvalue weighted by atomic mass is 10.3. The summed E-state index contributed by atoms with van der Waals surface area (Å²) in [6.07, 6.45) is 4.06. The topological polar surface area (TPSA) is 46.1 Å². The highest BCUT2D eigenvalue weighted by Crippen LogP contribution is 2.38. The van der Waals surface area contributed by atoms with Crippen LogP contribution in [-0.4, -0.2) is 33.4 Å². The molecule has 0 bridgehead atoms. The lowest BCUT2D eigenvalue weighted by molar-refractivity contribution is -0.118. The van der Waals surface area contributed by atoms with E-state index in [4.69, 9.17) is 0 Å². The number of thiazole rings is 1. The van der Waals surface area contributed by atoms with E-state index in [0.717, 1.165) is 21.3 Å². The Morgan fingerprint density at radius 2 is 2.26 bits per heavy atom. The summed E-state index contributed by atoms with van der Waals surface area (Å²) < 4.78 is 0.715. The SMILES string of the molecule is CCSC(C)CC(=O)N(CC)c1sc(-c2cccnc2)nc1Br. The van der Waals surface area contributed by atoms with Crippen molar-refractivity contribution in [3.63, 3.8) is 0 Å². The van der Waals surface area contributed by atoms with Crippen molar-refractivity contribution < 1.29 is 4.79 Å². The van der Waals surface area contributed by atoms with E-state index in [1.807, 2.05) is 35.7 Å². The molecule has 1 unspecified atom stereocenters. The highest BCUT2D eigenvalue weighted by atomic mass is 79.9. The van der Waals surface area contributed by atoms with Crippen molar-refractivity contribution in [3.8, 4) is 10.6 Å². The number of carbonyl (C=O) groups excluding carboxylic acids is 1. The first-order valence-electron chi connectivity index (χ1n) is 7.55. The van der Waals surface area contributed by atoms with Crippen LogP contribution in [0, 0.1) is 0 Å². The molecule has 0 radical (unpaired) electrons. The molecule has 4 nitrogen and oxygen atoms in total. The van der Waals surface area contributed by atoms with Crippen molar-refractivity contribution in [2.75, 3.05) is 17.2 Å². The predicted molar refractivity (Wildman–Crippen MR) is 103 cm³/mol. The van der Waals surface area contributed by atoms with E-state index in [-0.39, 0.29) is 5.91 Å². The van der Waals surface area contributed by atoms with Crippen molar-refractivity contribution in [3.05, 3.63) is 29.1 Å². The van der Waals surface area contributed by atoms with E-state index in [1.54, 1.807) is 12.4 Å². The largest absolute Gasteiger partial charge is 0.302 e. The molecule has 0 aliphatic carbocycles. The third-order valence-electron chi connectivity index (χ3n) is 3.25. The van der Waals surface area contributed by atoms with Crippen LogP contribution in [0.25, 0.3) is 10.6 Å². The van der Waals surface area contributed by atoms with Gasteiger partial charge in [0.1, 0.15) is 14.6 Å². The quantitative estimate of drug-likeness (QED) is 0.650. The number of thioether (sulfide) groups is 1. The molecule has 2 heterocycles. The average Bonchev–Trinajstić information content (AvgIpc) is 2.91. The second-order valence-electron chi connectivity index (χ2n) is 4.96. The zero-order valence-corrected chi connectivity index (χ0v) is 16.7. The minimum absolute atomic E-state index is 0.142. The molecule has 0 aromatic carbocycles. The molecule has 0 aliphatic rings. The van der Waals surface area contributed by atoms with E-state index < -0.39 is 0 Å². The molecule has 0 aliphatic heterocycles. The Morgan fingerprint density at radius 3 is 2.87 bits per heavy atom. The molecule has 2 aromatic heterocycles. The number of hydrogen-bond acceptors (Lipinski definition) is 5. The molecule has 0 saturated heterocycles. The van der Waals surface area contributed by atoms with Crippen LogP contribution in [0.5, 0.6) is 0 Å². The fourth-order valence-electron chi connectivity index (χ4n) is 2.21. The normalized spacial score (nSPS) is 12.2. The highest BCUT2D eigenvalue weighted by molar-refractivity contribution is 9.10. The standard InChI is InChI=1S/C16H20BrN3OS2/c1-4-20(13(21)9-11(3)22-5-2)16-14(17)19-15(23-16)12-7-6-8-18-10-12/h6-8,10-11H,4-5,9H2,1-3H3. The van der Waals surface area contributed by atoms with Gasteiger partial charge >= 0.3 is 0 Å². The molecular formula is C16H20BrN3OS2. The number of hydrogen-bond donors (Lipinski definition) is 0. The van der Waals surface area contributed by atoms with Gasteiger partial charge in [-0.25, -0.2) is 4.98 Å². The van der Waals surface area contributed by atoms with Gasteiger partial charge in [0.25, 0.3) is 0 Å². The number of carbonyl (C=O) groups is 1. The first-order valence-corrected chi connectivity index (χ1v) is 10.2. The first-order chi connectivity index (χ1) is 11.1. The summed E-state index contributed by atoms with van der Waals surface area (Å²) in [5.41, 5.74) is 0.961. The summed E-state index contributed by atoms with van der Waals surface area (Å²) in [6, 6.07) is 3.86. The Hall–Kier alpha value is -0.920. The molecule has 0 spiro atoms. The number of anilines is 1. The van der Waals surface area contributed by atoms with Gasteiger partial charge in [0.2, 0.25) is 5.91 Å². The number of aromatic nitrogens is 2. The second kappa shape index (κ2) is 8.80. The van der Waals surface area contributed by atoms with E-state index >= 15 is 0 Å². The van der Waals surface area contributed by atoms with Gasteiger partial charge in [-0.2, -0.15) is 11.8 Å². The van der Waals surface area contributed by atoms with Crippen molar-refractivity contribution in [2.45, 2.75) is 32.4 Å². The lowest BCUT2D eigenvalue weighted by Crippen LogP contribution is -2.31. The van der Waals surface area contributed by atoms with Crippen LogP contribution >= 0.6 is 39.0 Å². The maximum Gasteiger partial charge on any atom is 0.228 e. The summed E-state index contributed by atoms with van der Waals surface area (Å²) in [7, 11) is 0. The van der Waals surface area contributed by atoms with E-state index in [1.165, 1.54) is 11.3 Å². The lowest BCUT2D eigenvalue weighted by Gasteiger charge is -2.21. The van der Waals surface area contributed by atoms with Gasteiger partial charge in [0.05, 0.1) is 0 Å². The summed E-state index contributed by atoms with van der Waals surface area (Å²) in [4.78, 5) is 23.1. The zero-order chi connectivity index (χ0) is 16.8. The van der Waals surface area contributed by atoms with Gasteiger partial charge in [-0.05, 0) is 40.7 Å². The number of rotatable bonds is 7. The first kappa shape index (κ1) is 18.4. The van der Waals surface area contributed by atoms with E-state index in [0.29, 0.717) is 22.8 Å². The van der Waals surface area contributed by atoms with E-state index in [2.05, 4.69) is 39.7 Å². The van der Waals surface area contributed by atoms with Gasteiger partial charge in [0.15, 0.2) is 0 Å². The smallest absolute Gasteiger partial charge is 0.228 e. The molecule has 2 rings (SSSR count). The predicted octanol–water partition coefficient (Wildman–Crippen LogP) is 4.85. The summed E-state index contributed by atoms with van der Waals surface area (Å²) in [5.74, 6) is 1.17. The molecule has 23 heavy (non-hydrogen) atoms. The maximum atomic E-state index is 12.6. The third-order valence-corrected chi connectivity index (χ3v) is 6.27. The Bertz CT molecular complexity index is 648. The van der Waals surface area contributed by atoms with Gasteiger partial charge < -0.3 is 4.90 Å². The number of pyridine rings is 1. The van der Waals surface area contributed by atoms with Crippen molar-refractivity contribution >= 4 is 49.9 Å². The summed E-state index contributed by atoms with van der Waals surface area (Å²) in [5, 5.41) is 2.05. The van der Waals surface area contributed by atoms with Gasteiger partial charge in [-0.1, -0.05) is 25.2 Å². The van der Waals surface area contributed by atoms with Gasteiger partial charge in [-0.3, -0.25) is 9.78 Å². The Kier molecular flexibility index (Phi) is 7.05. The molecule has 0 N–H and O–H groups in total. The third kappa shape index (κ3) is 4.78. The summed E-state index contributed by atoms with van der Waals surface area (Å²) >= 11 is 6.82. The van der Waals surface area contributed by atoms with Crippen LogP contribution < -0.4 is 4.90 Å². The molecule has 1 atom stereocenters. The van der Waals surface area contributed by atoms with Gasteiger partial charge in [-0.15, -0.1) is 0 Å². The van der Waals surface area contributed by atoms with Crippen LogP contribution in [0.4, 0.5) is 5.00 Å². The monoisotopic (exact) mass is 413 g/mol. The molecule has 2 aromatic rings. The Morgan fingerprint density at radius 1 is 1.48 bits per heavy atom. The van der Waals surface area contributed by atoms with Crippen LogP contribution in [0.2, 0.25) is 0 Å². The van der Waals surface area contributed by atoms with Crippen LogP contribution in [0.3, 0.4) is 0 Å². The highest BCUT2D eigenvalue weighted by Gasteiger charge is 2.22. The molecule has 0 fully saturated rings. The Labute approximate surface area is 153 Å².